The van der Waals surface area contributed by atoms with Gasteiger partial charge in [-0.2, -0.15) is 0 Å². The number of hydrogen-bond donors (Lipinski definition) is 3. The molecule has 0 radical (unpaired) electrons. The van der Waals surface area contributed by atoms with Crippen LogP contribution in [0.2, 0.25) is 0 Å². The number of aliphatic hydroxyl groups is 1. The minimum atomic E-state index is 0.256. The van der Waals surface area contributed by atoms with Crippen LogP contribution in [0.3, 0.4) is 0 Å². The Hall–Kier alpha value is -1.29. The Bertz CT molecular complexity index is 367. The molecule has 1 aromatic rings. The van der Waals surface area contributed by atoms with Crippen LogP contribution in [0.5, 0.6) is 0 Å². The molecule has 1 fully saturated rings. The molecule has 0 saturated heterocycles. The van der Waals surface area contributed by atoms with E-state index in [-0.39, 0.29) is 6.61 Å². The van der Waals surface area contributed by atoms with Crippen LogP contribution in [0.1, 0.15) is 24.8 Å². The van der Waals surface area contributed by atoms with Crippen LogP contribution < -0.4 is 11.1 Å². The molecule has 2 unspecified atom stereocenters. The normalized spacial score (nSPS) is 24.6. The van der Waals surface area contributed by atoms with Gasteiger partial charge in [0.25, 0.3) is 0 Å². The first kappa shape index (κ1) is 11.2. The minimum Gasteiger partial charge on any atom is -0.397 e. The fourth-order valence-corrected chi connectivity index (χ4v) is 2.28. The van der Waals surface area contributed by atoms with E-state index in [4.69, 9.17) is 5.73 Å². The van der Waals surface area contributed by atoms with Crippen LogP contribution in [0.25, 0.3) is 0 Å². The molecule has 1 aliphatic rings. The number of aryl methyl sites for hydroxylation is 1. The Balaban J connectivity index is 2.05. The number of aliphatic hydroxyl groups excluding tert-OH is 1. The molecule has 1 heterocycles. The number of aromatic nitrogens is 1. The highest BCUT2D eigenvalue weighted by atomic mass is 16.3. The van der Waals surface area contributed by atoms with Gasteiger partial charge in [0.15, 0.2) is 0 Å². The van der Waals surface area contributed by atoms with Crippen molar-refractivity contribution in [2.45, 2.75) is 32.2 Å². The predicted octanol–water partition coefficient (Wildman–Crippen LogP) is 1.55. The van der Waals surface area contributed by atoms with E-state index in [9.17, 15) is 5.11 Å². The summed E-state index contributed by atoms with van der Waals surface area (Å²) in [4.78, 5) is 4.25. The average Bonchev–Trinajstić information content (AvgIpc) is 2.71. The number of anilines is 2. The van der Waals surface area contributed by atoms with Crippen LogP contribution in [-0.4, -0.2) is 22.7 Å². The van der Waals surface area contributed by atoms with E-state index in [1.54, 1.807) is 6.20 Å². The van der Waals surface area contributed by atoms with Gasteiger partial charge in [-0.25, -0.2) is 4.98 Å². The topological polar surface area (TPSA) is 71.2 Å². The molecule has 2 rings (SSSR count). The number of nitrogens with zero attached hydrogens (tertiary/aromatic N) is 1. The largest absolute Gasteiger partial charge is 0.397 e. The third kappa shape index (κ3) is 2.27. The van der Waals surface area contributed by atoms with Crippen molar-refractivity contribution in [2.24, 2.45) is 5.92 Å². The highest BCUT2D eigenvalue weighted by Crippen LogP contribution is 2.28. The first-order valence-corrected chi connectivity index (χ1v) is 5.80. The molecular weight excluding hydrogens is 202 g/mol. The van der Waals surface area contributed by atoms with Crippen LogP contribution in [0.15, 0.2) is 12.3 Å². The minimum absolute atomic E-state index is 0.256. The van der Waals surface area contributed by atoms with Crippen molar-refractivity contribution < 1.29 is 5.11 Å². The molecule has 0 spiro atoms. The molecule has 1 aliphatic carbocycles. The maximum atomic E-state index is 9.23. The monoisotopic (exact) mass is 221 g/mol. The quantitative estimate of drug-likeness (QED) is 0.724. The Labute approximate surface area is 95.9 Å². The van der Waals surface area contributed by atoms with Crippen molar-refractivity contribution in [3.8, 4) is 0 Å². The Morgan fingerprint density at radius 3 is 3.06 bits per heavy atom. The lowest BCUT2D eigenvalue weighted by Crippen LogP contribution is -2.26. The Kier molecular flexibility index (Phi) is 3.29. The summed E-state index contributed by atoms with van der Waals surface area (Å²) in [5.41, 5.74) is 7.48. The molecule has 0 bridgehead atoms. The van der Waals surface area contributed by atoms with E-state index >= 15 is 0 Å². The maximum absolute atomic E-state index is 9.23. The van der Waals surface area contributed by atoms with Gasteiger partial charge in [0.05, 0.1) is 11.9 Å². The Morgan fingerprint density at radius 2 is 2.38 bits per heavy atom. The van der Waals surface area contributed by atoms with Crippen LogP contribution >= 0.6 is 0 Å². The van der Waals surface area contributed by atoms with Gasteiger partial charge in [-0.1, -0.05) is 6.42 Å². The first-order valence-electron chi connectivity index (χ1n) is 5.80. The summed E-state index contributed by atoms with van der Waals surface area (Å²) in [5, 5.41) is 12.6. The zero-order chi connectivity index (χ0) is 11.5. The fraction of sp³-hybridized carbons (Fsp3) is 0.583. The number of pyridine rings is 1. The van der Waals surface area contributed by atoms with E-state index in [1.165, 1.54) is 6.42 Å². The number of nitrogens with one attached hydrogen (secondary N) is 1. The summed E-state index contributed by atoms with van der Waals surface area (Å²) in [5.74, 6) is 1.22. The van der Waals surface area contributed by atoms with E-state index in [1.807, 2.05) is 13.0 Å². The lowest BCUT2D eigenvalue weighted by Gasteiger charge is -2.19. The molecule has 4 N–H and O–H groups in total. The van der Waals surface area contributed by atoms with Gasteiger partial charge in [-0.05, 0) is 31.4 Å². The summed E-state index contributed by atoms with van der Waals surface area (Å²) in [6, 6.07) is 2.31. The van der Waals surface area contributed by atoms with Gasteiger partial charge in [0.1, 0.15) is 5.82 Å². The standard InChI is InChI=1S/C12H19N3O/c1-8-5-12(14-6-10(8)13)15-11-4-2-3-9(11)7-16/h5-6,9,11,16H,2-4,7,13H2,1H3,(H,14,15). The summed E-state index contributed by atoms with van der Waals surface area (Å²) in [6.07, 6.45) is 5.07. The predicted molar refractivity (Wildman–Crippen MR) is 65.2 cm³/mol. The third-order valence-corrected chi connectivity index (χ3v) is 3.38. The fourth-order valence-electron chi connectivity index (χ4n) is 2.28. The van der Waals surface area contributed by atoms with Crippen LogP contribution in [-0.2, 0) is 0 Å². The third-order valence-electron chi connectivity index (χ3n) is 3.38. The average molecular weight is 221 g/mol. The molecule has 1 saturated carbocycles. The maximum Gasteiger partial charge on any atom is 0.126 e. The van der Waals surface area contributed by atoms with Gasteiger partial charge in [0, 0.05) is 18.6 Å². The summed E-state index contributed by atoms with van der Waals surface area (Å²) >= 11 is 0. The highest BCUT2D eigenvalue weighted by Gasteiger charge is 2.26. The van der Waals surface area contributed by atoms with Crippen molar-refractivity contribution in [3.05, 3.63) is 17.8 Å². The molecular formula is C12H19N3O. The van der Waals surface area contributed by atoms with Crippen molar-refractivity contribution in [3.63, 3.8) is 0 Å². The second kappa shape index (κ2) is 4.70. The van der Waals surface area contributed by atoms with Gasteiger partial charge in [-0.3, -0.25) is 0 Å². The smallest absolute Gasteiger partial charge is 0.126 e. The van der Waals surface area contributed by atoms with Gasteiger partial charge in [0.2, 0.25) is 0 Å². The van der Waals surface area contributed by atoms with Crippen molar-refractivity contribution in [2.75, 3.05) is 17.7 Å². The van der Waals surface area contributed by atoms with Crippen molar-refractivity contribution in [1.82, 2.24) is 4.98 Å². The first-order chi connectivity index (χ1) is 7.70. The van der Waals surface area contributed by atoms with Crippen LogP contribution in [0, 0.1) is 12.8 Å². The van der Waals surface area contributed by atoms with E-state index in [0.717, 1.165) is 29.9 Å². The lowest BCUT2D eigenvalue weighted by molar-refractivity contribution is 0.222. The molecule has 2 atom stereocenters. The summed E-state index contributed by atoms with van der Waals surface area (Å²) < 4.78 is 0. The zero-order valence-electron chi connectivity index (χ0n) is 9.61. The molecule has 88 valence electrons. The summed E-state index contributed by atoms with van der Waals surface area (Å²) in [7, 11) is 0. The SMILES string of the molecule is Cc1cc(NC2CCCC2CO)ncc1N. The number of nitrogens with two attached hydrogens (primary N) is 1. The van der Waals surface area contributed by atoms with E-state index in [0.29, 0.717) is 12.0 Å². The van der Waals surface area contributed by atoms with E-state index < -0.39 is 0 Å². The zero-order valence-corrected chi connectivity index (χ0v) is 9.61. The molecule has 0 aromatic carbocycles. The molecule has 0 amide bonds. The molecule has 0 aliphatic heterocycles. The van der Waals surface area contributed by atoms with Crippen molar-refractivity contribution >= 4 is 11.5 Å². The second-order valence-corrected chi connectivity index (χ2v) is 4.55. The molecule has 4 heteroatoms. The van der Waals surface area contributed by atoms with Gasteiger partial charge in [-0.15, -0.1) is 0 Å². The molecule has 4 nitrogen and oxygen atoms in total. The molecule has 1 aromatic heterocycles. The number of rotatable bonds is 3. The second-order valence-electron chi connectivity index (χ2n) is 4.55. The van der Waals surface area contributed by atoms with Crippen molar-refractivity contribution in [1.29, 1.82) is 0 Å². The van der Waals surface area contributed by atoms with E-state index in [2.05, 4.69) is 10.3 Å². The lowest BCUT2D eigenvalue weighted by atomic mass is 10.1. The van der Waals surface area contributed by atoms with Gasteiger partial charge < -0.3 is 16.2 Å². The van der Waals surface area contributed by atoms with Crippen LogP contribution in [0.4, 0.5) is 11.5 Å². The Morgan fingerprint density at radius 1 is 1.56 bits per heavy atom. The number of nitrogen functional groups attached to an aromatic ring is 1. The van der Waals surface area contributed by atoms with Gasteiger partial charge >= 0.3 is 0 Å². The summed E-state index contributed by atoms with van der Waals surface area (Å²) in [6.45, 7) is 2.23. The highest BCUT2D eigenvalue weighted by molar-refractivity contribution is 5.51. The molecule has 16 heavy (non-hydrogen) atoms. The number of hydrogen-bond acceptors (Lipinski definition) is 4.